The summed E-state index contributed by atoms with van der Waals surface area (Å²) in [5, 5.41) is 6.28. The van der Waals surface area contributed by atoms with E-state index in [0.29, 0.717) is 5.82 Å². The second-order valence-electron chi connectivity index (χ2n) is 3.18. The molecule has 2 N–H and O–H groups in total. The van der Waals surface area contributed by atoms with Crippen LogP contribution in [0, 0.1) is 3.57 Å². The van der Waals surface area contributed by atoms with E-state index in [1.165, 1.54) is 11.3 Å². The van der Waals surface area contributed by atoms with Gasteiger partial charge < -0.3 is 5.73 Å². The average Bonchev–Trinajstić information content (AvgIpc) is 2.75. The van der Waals surface area contributed by atoms with Crippen molar-refractivity contribution < 1.29 is 0 Å². The smallest absolute Gasteiger partial charge is 0.135 e. The lowest BCUT2D eigenvalue weighted by Crippen LogP contribution is -2.10. The standard InChI is InChI=1S/C9H9ClIN3S/c1-5(6-2-8(10)15-4-6)14-9(12)7(11)3-13-14/h2-5H,12H2,1H3. The molecular weight excluding hydrogens is 345 g/mol. The predicted octanol–water partition coefficient (Wildman–Crippen LogP) is 3.39. The summed E-state index contributed by atoms with van der Waals surface area (Å²) in [5.41, 5.74) is 7.05. The van der Waals surface area contributed by atoms with E-state index in [-0.39, 0.29) is 6.04 Å². The molecular formula is C9H9ClIN3S. The van der Waals surface area contributed by atoms with Crippen LogP contribution in [-0.2, 0) is 0 Å². The molecule has 1 atom stereocenters. The molecule has 15 heavy (non-hydrogen) atoms. The van der Waals surface area contributed by atoms with E-state index in [4.69, 9.17) is 17.3 Å². The quantitative estimate of drug-likeness (QED) is 0.841. The minimum absolute atomic E-state index is 0.122. The molecule has 0 fully saturated rings. The topological polar surface area (TPSA) is 43.8 Å². The Balaban J connectivity index is 2.36. The van der Waals surface area contributed by atoms with Crippen molar-refractivity contribution in [2.24, 2.45) is 0 Å². The van der Waals surface area contributed by atoms with Gasteiger partial charge in [-0.15, -0.1) is 11.3 Å². The molecule has 0 amide bonds. The summed E-state index contributed by atoms with van der Waals surface area (Å²) < 4.78 is 3.57. The average molecular weight is 354 g/mol. The van der Waals surface area contributed by atoms with Gasteiger partial charge in [0.15, 0.2) is 0 Å². The highest BCUT2D eigenvalue weighted by Gasteiger charge is 2.14. The van der Waals surface area contributed by atoms with Crippen molar-refractivity contribution in [3.05, 3.63) is 31.1 Å². The third-order valence-corrected chi connectivity index (χ3v) is 4.16. The summed E-state index contributed by atoms with van der Waals surface area (Å²) in [6, 6.07) is 2.07. The predicted molar refractivity (Wildman–Crippen MR) is 72.5 cm³/mol. The van der Waals surface area contributed by atoms with Gasteiger partial charge in [-0.2, -0.15) is 5.10 Å². The lowest BCUT2D eigenvalue weighted by molar-refractivity contribution is 0.574. The van der Waals surface area contributed by atoms with Crippen molar-refractivity contribution >= 4 is 51.3 Å². The molecule has 0 saturated heterocycles. The molecule has 0 saturated carbocycles. The first kappa shape index (κ1) is 11.2. The molecule has 2 heterocycles. The second-order valence-corrected chi connectivity index (χ2v) is 5.89. The molecule has 1 unspecified atom stereocenters. The highest BCUT2D eigenvalue weighted by Crippen LogP contribution is 2.29. The summed E-state index contributed by atoms with van der Waals surface area (Å²) in [7, 11) is 0. The number of nitrogens with two attached hydrogens (primary N) is 1. The van der Waals surface area contributed by atoms with Crippen molar-refractivity contribution in [3.8, 4) is 0 Å². The van der Waals surface area contributed by atoms with Crippen LogP contribution < -0.4 is 5.73 Å². The molecule has 0 aliphatic heterocycles. The van der Waals surface area contributed by atoms with Crippen molar-refractivity contribution in [1.82, 2.24) is 9.78 Å². The summed E-state index contributed by atoms with van der Waals surface area (Å²) in [4.78, 5) is 0. The second kappa shape index (κ2) is 4.31. The van der Waals surface area contributed by atoms with Crippen molar-refractivity contribution in [2.45, 2.75) is 13.0 Å². The molecule has 2 aromatic heterocycles. The molecule has 0 aromatic carbocycles. The van der Waals surface area contributed by atoms with Gasteiger partial charge in [-0.05, 0) is 46.5 Å². The normalized spacial score (nSPS) is 13.0. The molecule has 0 spiro atoms. The molecule has 80 valence electrons. The van der Waals surface area contributed by atoms with Crippen LogP contribution in [0.25, 0.3) is 0 Å². The highest BCUT2D eigenvalue weighted by molar-refractivity contribution is 14.1. The van der Waals surface area contributed by atoms with Gasteiger partial charge in [0.25, 0.3) is 0 Å². The zero-order valence-corrected chi connectivity index (χ0v) is 11.7. The van der Waals surface area contributed by atoms with Gasteiger partial charge in [0, 0.05) is 0 Å². The number of hydrogen-bond donors (Lipinski definition) is 1. The molecule has 3 nitrogen and oxygen atoms in total. The first-order valence-corrected chi connectivity index (χ1v) is 6.65. The number of nitrogen functional groups attached to an aromatic ring is 1. The first-order valence-electron chi connectivity index (χ1n) is 4.32. The Labute approximate surface area is 110 Å². The van der Waals surface area contributed by atoms with E-state index in [2.05, 4.69) is 34.6 Å². The van der Waals surface area contributed by atoms with Crippen LogP contribution in [0.4, 0.5) is 5.82 Å². The maximum atomic E-state index is 5.91. The number of halogens is 2. The van der Waals surface area contributed by atoms with Crippen LogP contribution in [-0.4, -0.2) is 9.78 Å². The Bertz CT molecular complexity index is 479. The van der Waals surface area contributed by atoms with Crippen LogP contribution in [0.1, 0.15) is 18.5 Å². The summed E-state index contributed by atoms with van der Waals surface area (Å²) in [6.45, 7) is 2.05. The largest absolute Gasteiger partial charge is 0.383 e. The van der Waals surface area contributed by atoms with Crippen LogP contribution in [0.5, 0.6) is 0 Å². The fraction of sp³-hybridized carbons (Fsp3) is 0.222. The molecule has 2 aromatic rings. The zero-order valence-electron chi connectivity index (χ0n) is 7.95. The zero-order chi connectivity index (χ0) is 11.0. The van der Waals surface area contributed by atoms with E-state index in [9.17, 15) is 0 Å². The van der Waals surface area contributed by atoms with E-state index in [1.807, 2.05) is 11.4 Å². The number of hydrogen-bond acceptors (Lipinski definition) is 3. The molecule has 0 radical (unpaired) electrons. The van der Waals surface area contributed by atoms with Crippen LogP contribution in [0.3, 0.4) is 0 Å². The van der Waals surface area contributed by atoms with E-state index >= 15 is 0 Å². The molecule has 0 aliphatic rings. The van der Waals surface area contributed by atoms with Crippen LogP contribution in [0.2, 0.25) is 4.34 Å². The Morgan fingerprint density at radius 1 is 1.67 bits per heavy atom. The van der Waals surface area contributed by atoms with Crippen LogP contribution in [0.15, 0.2) is 17.6 Å². The summed E-state index contributed by atoms with van der Waals surface area (Å²) in [6.07, 6.45) is 1.76. The van der Waals surface area contributed by atoms with Crippen molar-refractivity contribution in [1.29, 1.82) is 0 Å². The van der Waals surface area contributed by atoms with Gasteiger partial charge in [-0.1, -0.05) is 11.6 Å². The Morgan fingerprint density at radius 2 is 2.40 bits per heavy atom. The number of rotatable bonds is 2. The van der Waals surface area contributed by atoms with Crippen LogP contribution >= 0.6 is 45.5 Å². The van der Waals surface area contributed by atoms with E-state index in [1.54, 1.807) is 10.9 Å². The maximum Gasteiger partial charge on any atom is 0.135 e. The molecule has 2 rings (SSSR count). The maximum absolute atomic E-state index is 5.91. The highest BCUT2D eigenvalue weighted by atomic mass is 127. The number of nitrogens with zero attached hydrogens (tertiary/aromatic N) is 2. The minimum Gasteiger partial charge on any atom is -0.383 e. The van der Waals surface area contributed by atoms with Gasteiger partial charge in [-0.25, -0.2) is 4.68 Å². The number of anilines is 1. The molecule has 6 heteroatoms. The van der Waals surface area contributed by atoms with Gasteiger partial charge in [-0.3, -0.25) is 0 Å². The van der Waals surface area contributed by atoms with Gasteiger partial charge >= 0.3 is 0 Å². The summed E-state index contributed by atoms with van der Waals surface area (Å²) >= 11 is 9.59. The summed E-state index contributed by atoms with van der Waals surface area (Å²) in [5.74, 6) is 0.699. The molecule has 0 aliphatic carbocycles. The number of thiophene rings is 1. The fourth-order valence-corrected chi connectivity index (χ4v) is 2.69. The number of aromatic nitrogens is 2. The molecule has 0 bridgehead atoms. The van der Waals surface area contributed by atoms with Gasteiger partial charge in [0.2, 0.25) is 0 Å². The Hall–Kier alpha value is -0.270. The fourth-order valence-electron chi connectivity index (χ4n) is 1.34. The third kappa shape index (κ3) is 2.14. The minimum atomic E-state index is 0.122. The monoisotopic (exact) mass is 353 g/mol. The SMILES string of the molecule is CC(c1csc(Cl)c1)n1ncc(I)c1N. The lowest BCUT2D eigenvalue weighted by Gasteiger charge is -2.12. The van der Waals surface area contributed by atoms with Crippen molar-refractivity contribution in [2.75, 3.05) is 5.73 Å². The third-order valence-electron chi connectivity index (χ3n) is 2.22. The Morgan fingerprint density at radius 3 is 2.87 bits per heavy atom. The lowest BCUT2D eigenvalue weighted by atomic mass is 10.2. The van der Waals surface area contributed by atoms with Gasteiger partial charge in [0.05, 0.1) is 20.1 Å². The first-order chi connectivity index (χ1) is 7.09. The van der Waals surface area contributed by atoms with E-state index < -0.39 is 0 Å². The van der Waals surface area contributed by atoms with Gasteiger partial charge in [0.1, 0.15) is 5.82 Å². The Kier molecular flexibility index (Phi) is 3.22. The van der Waals surface area contributed by atoms with E-state index in [0.717, 1.165) is 13.5 Å². The van der Waals surface area contributed by atoms with Crippen molar-refractivity contribution in [3.63, 3.8) is 0 Å².